The summed E-state index contributed by atoms with van der Waals surface area (Å²) in [4.78, 5) is 11.4. The van der Waals surface area contributed by atoms with Gasteiger partial charge in [0.2, 0.25) is 0 Å². The van der Waals surface area contributed by atoms with E-state index in [-0.39, 0.29) is 11.9 Å². The largest absolute Gasteiger partial charge is 0.466 e. The summed E-state index contributed by atoms with van der Waals surface area (Å²) < 4.78 is 4.94. The van der Waals surface area contributed by atoms with Crippen LogP contribution < -0.4 is 5.32 Å². The van der Waals surface area contributed by atoms with Crippen molar-refractivity contribution < 1.29 is 9.53 Å². The number of nitrogens with one attached hydrogen (secondary N) is 1. The Morgan fingerprint density at radius 3 is 2.82 bits per heavy atom. The molecule has 0 spiro atoms. The fraction of sp³-hybridized carbons (Fsp3) is 0.462. The molecule has 17 heavy (non-hydrogen) atoms. The summed E-state index contributed by atoms with van der Waals surface area (Å²) in [6.45, 7) is 6.54. The molecule has 0 bridgehead atoms. The van der Waals surface area contributed by atoms with E-state index >= 15 is 0 Å². The fourth-order valence-electron chi connectivity index (χ4n) is 1.48. The number of hydrogen-bond donors (Lipinski definition) is 1. The van der Waals surface area contributed by atoms with Gasteiger partial charge in [-0.1, -0.05) is 30.7 Å². The SMILES string of the molecule is CCOC(=O)C(C)CNc1c(C)cccc1Cl. The van der Waals surface area contributed by atoms with Crippen LogP contribution in [0.15, 0.2) is 18.2 Å². The number of rotatable bonds is 5. The zero-order valence-corrected chi connectivity index (χ0v) is 11.2. The van der Waals surface area contributed by atoms with E-state index in [4.69, 9.17) is 16.3 Å². The molecule has 0 radical (unpaired) electrons. The van der Waals surface area contributed by atoms with Crippen LogP contribution in [0.4, 0.5) is 5.69 Å². The first kappa shape index (κ1) is 13.8. The zero-order chi connectivity index (χ0) is 12.8. The Morgan fingerprint density at radius 1 is 1.53 bits per heavy atom. The second-order valence-corrected chi connectivity index (χ2v) is 4.37. The van der Waals surface area contributed by atoms with E-state index in [0.29, 0.717) is 18.2 Å². The van der Waals surface area contributed by atoms with Crippen LogP contribution in [-0.4, -0.2) is 19.1 Å². The van der Waals surface area contributed by atoms with Gasteiger partial charge in [0, 0.05) is 6.54 Å². The van der Waals surface area contributed by atoms with Crippen LogP contribution in [0.3, 0.4) is 0 Å². The Labute approximate surface area is 107 Å². The van der Waals surface area contributed by atoms with Gasteiger partial charge < -0.3 is 10.1 Å². The van der Waals surface area contributed by atoms with E-state index in [1.54, 1.807) is 6.92 Å². The van der Waals surface area contributed by atoms with Gasteiger partial charge in [-0.3, -0.25) is 4.79 Å². The maximum absolute atomic E-state index is 11.4. The molecule has 0 amide bonds. The maximum Gasteiger partial charge on any atom is 0.310 e. The Morgan fingerprint density at radius 2 is 2.24 bits per heavy atom. The highest BCUT2D eigenvalue weighted by atomic mass is 35.5. The maximum atomic E-state index is 11.4. The first-order valence-corrected chi connectivity index (χ1v) is 6.09. The van der Waals surface area contributed by atoms with Gasteiger partial charge in [-0.05, 0) is 25.5 Å². The van der Waals surface area contributed by atoms with Crippen molar-refractivity contribution in [3.8, 4) is 0 Å². The van der Waals surface area contributed by atoms with Gasteiger partial charge in [-0.15, -0.1) is 0 Å². The van der Waals surface area contributed by atoms with Gasteiger partial charge in [0.15, 0.2) is 0 Å². The van der Waals surface area contributed by atoms with Crippen LogP contribution in [-0.2, 0) is 9.53 Å². The molecule has 1 N–H and O–H groups in total. The number of carbonyl (C=O) groups excluding carboxylic acids is 1. The summed E-state index contributed by atoms with van der Waals surface area (Å²) in [7, 11) is 0. The van der Waals surface area contributed by atoms with Gasteiger partial charge in [-0.2, -0.15) is 0 Å². The van der Waals surface area contributed by atoms with Gasteiger partial charge >= 0.3 is 5.97 Å². The molecular formula is C13H18ClNO2. The molecule has 1 atom stereocenters. The summed E-state index contributed by atoms with van der Waals surface area (Å²) in [6, 6.07) is 5.70. The molecule has 0 saturated heterocycles. The topological polar surface area (TPSA) is 38.3 Å². The molecule has 0 aliphatic heterocycles. The van der Waals surface area contributed by atoms with Crippen LogP contribution in [0, 0.1) is 12.8 Å². The number of halogens is 1. The van der Waals surface area contributed by atoms with Gasteiger partial charge in [0.25, 0.3) is 0 Å². The number of benzene rings is 1. The lowest BCUT2D eigenvalue weighted by atomic mass is 10.1. The molecular weight excluding hydrogens is 238 g/mol. The van der Waals surface area contributed by atoms with Crippen molar-refractivity contribution >= 4 is 23.3 Å². The molecule has 0 heterocycles. The normalized spacial score (nSPS) is 12.0. The van der Waals surface area contributed by atoms with Crippen LogP contribution >= 0.6 is 11.6 Å². The van der Waals surface area contributed by atoms with Crippen LogP contribution in [0.1, 0.15) is 19.4 Å². The lowest BCUT2D eigenvalue weighted by Crippen LogP contribution is -2.22. The Bertz CT molecular complexity index is 373. The zero-order valence-electron chi connectivity index (χ0n) is 10.4. The molecule has 4 heteroatoms. The lowest BCUT2D eigenvalue weighted by Gasteiger charge is -2.15. The second kappa shape index (κ2) is 6.50. The number of carbonyl (C=O) groups is 1. The van der Waals surface area contributed by atoms with E-state index in [1.165, 1.54) is 0 Å². The monoisotopic (exact) mass is 255 g/mol. The molecule has 0 fully saturated rings. The standard InChI is InChI=1S/C13H18ClNO2/c1-4-17-13(16)10(3)8-15-12-9(2)6-5-7-11(12)14/h5-7,10,15H,4,8H2,1-3H3. The minimum atomic E-state index is -0.190. The summed E-state index contributed by atoms with van der Waals surface area (Å²) in [5, 5.41) is 3.86. The number of aryl methyl sites for hydroxylation is 1. The number of esters is 1. The van der Waals surface area contributed by atoms with E-state index < -0.39 is 0 Å². The summed E-state index contributed by atoms with van der Waals surface area (Å²) in [5.74, 6) is -0.379. The Hall–Kier alpha value is -1.22. The molecule has 0 aromatic heterocycles. The Balaban J connectivity index is 2.58. The summed E-state index contributed by atoms with van der Waals surface area (Å²) in [6.07, 6.45) is 0. The van der Waals surface area contributed by atoms with Crippen molar-refractivity contribution in [2.24, 2.45) is 5.92 Å². The van der Waals surface area contributed by atoms with Gasteiger partial charge in [0.1, 0.15) is 0 Å². The van der Waals surface area contributed by atoms with Crippen LogP contribution in [0.25, 0.3) is 0 Å². The first-order chi connectivity index (χ1) is 8.06. The average Bonchev–Trinajstić information content (AvgIpc) is 2.28. The predicted octanol–water partition coefficient (Wildman–Crippen LogP) is 3.26. The highest BCUT2D eigenvalue weighted by molar-refractivity contribution is 6.33. The van der Waals surface area contributed by atoms with Crippen LogP contribution in [0.2, 0.25) is 5.02 Å². The summed E-state index contributed by atoms with van der Waals surface area (Å²) >= 11 is 6.08. The Kier molecular flexibility index (Phi) is 5.29. The fourth-order valence-corrected chi connectivity index (χ4v) is 1.77. The third-order valence-electron chi connectivity index (χ3n) is 2.50. The molecule has 1 aromatic rings. The quantitative estimate of drug-likeness (QED) is 0.821. The number of ether oxygens (including phenoxy) is 1. The van der Waals surface area contributed by atoms with Gasteiger partial charge in [0.05, 0.1) is 23.2 Å². The average molecular weight is 256 g/mol. The molecule has 3 nitrogen and oxygen atoms in total. The van der Waals surface area contributed by atoms with Crippen LogP contribution in [0.5, 0.6) is 0 Å². The minimum absolute atomic E-state index is 0.189. The highest BCUT2D eigenvalue weighted by Gasteiger charge is 2.14. The van der Waals surface area contributed by atoms with Gasteiger partial charge in [-0.25, -0.2) is 0 Å². The highest BCUT2D eigenvalue weighted by Crippen LogP contribution is 2.25. The molecule has 1 unspecified atom stereocenters. The second-order valence-electron chi connectivity index (χ2n) is 3.97. The van der Waals surface area contributed by atoms with Crippen molar-refractivity contribution in [3.05, 3.63) is 28.8 Å². The molecule has 0 aliphatic carbocycles. The van der Waals surface area contributed by atoms with E-state index in [1.807, 2.05) is 32.0 Å². The molecule has 0 aliphatic rings. The third-order valence-corrected chi connectivity index (χ3v) is 2.81. The van der Waals surface area contributed by atoms with Crippen molar-refractivity contribution in [1.29, 1.82) is 0 Å². The number of hydrogen-bond acceptors (Lipinski definition) is 3. The summed E-state index contributed by atoms with van der Waals surface area (Å²) in [5.41, 5.74) is 1.94. The van der Waals surface area contributed by atoms with Crippen molar-refractivity contribution in [3.63, 3.8) is 0 Å². The molecule has 94 valence electrons. The molecule has 1 aromatic carbocycles. The third kappa shape index (κ3) is 3.93. The van der Waals surface area contributed by atoms with E-state index in [2.05, 4.69) is 5.32 Å². The van der Waals surface area contributed by atoms with Crippen molar-refractivity contribution in [2.45, 2.75) is 20.8 Å². The van der Waals surface area contributed by atoms with Crippen molar-refractivity contribution in [1.82, 2.24) is 0 Å². The number of para-hydroxylation sites is 1. The molecule has 1 rings (SSSR count). The first-order valence-electron chi connectivity index (χ1n) is 5.71. The lowest BCUT2D eigenvalue weighted by molar-refractivity contribution is -0.146. The van der Waals surface area contributed by atoms with Crippen molar-refractivity contribution in [2.75, 3.05) is 18.5 Å². The van der Waals surface area contributed by atoms with E-state index in [9.17, 15) is 4.79 Å². The molecule has 0 saturated carbocycles. The number of anilines is 1. The van der Waals surface area contributed by atoms with E-state index in [0.717, 1.165) is 11.3 Å². The smallest absolute Gasteiger partial charge is 0.310 e. The predicted molar refractivity (Wildman–Crippen MR) is 70.5 cm³/mol. The minimum Gasteiger partial charge on any atom is -0.466 e.